The minimum atomic E-state index is 0.363. The maximum absolute atomic E-state index is 5.56. The monoisotopic (exact) mass is 329 g/mol. The van der Waals surface area contributed by atoms with E-state index in [4.69, 9.17) is 14.2 Å². The number of ether oxygens (including phenoxy) is 3. The van der Waals surface area contributed by atoms with Crippen molar-refractivity contribution in [2.45, 2.75) is 39.0 Å². The van der Waals surface area contributed by atoms with E-state index in [1.807, 2.05) is 7.05 Å². The van der Waals surface area contributed by atoms with Crippen LogP contribution in [0.1, 0.15) is 39.0 Å². The van der Waals surface area contributed by atoms with Crippen molar-refractivity contribution in [3.8, 4) is 0 Å². The van der Waals surface area contributed by atoms with Crippen molar-refractivity contribution in [3.63, 3.8) is 0 Å². The molecular weight excluding hydrogens is 294 g/mol. The molecule has 1 rings (SSSR count). The number of guanidine groups is 1. The number of aliphatic imine (C=N–C) groups is 1. The molecule has 0 amide bonds. The van der Waals surface area contributed by atoms with Crippen molar-refractivity contribution in [3.05, 3.63) is 0 Å². The lowest BCUT2D eigenvalue weighted by Crippen LogP contribution is -2.44. The average molecular weight is 329 g/mol. The molecule has 136 valence electrons. The van der Waals surface area contributed by atoms with E-state index in [-0.39, 0.29) is 0 Å². The van der Waals surface area contributed by atoms with Gasteiger partial charge in [-0.1, -0.05) is 12.8 Å². The van der Waals surface area contributed by atoms with Gasteiger partial charge in [0.2, 0.25) is 0 Å². The lowest BCUT2D eigenvalue weighted by Gasteiger charge is -2.30. The van der Waals surface area contributed by atoms with E-state index in [1.165, 1.54) is 25.7 Å². The Morgan fingerprint density at radius 3 is 2.48 bits per heavy atom. The summed E-state index contributed by atoms with van der Waals surface area (Å²) in [5, 5.41) is 6.78. The zero-order valence-electron chi connectivity index (χ0n) is 15.2. The summed E-state index contributed by atoms with van der Waals surface area (Å²) in [6.45, 7) is 7.34. The Bertz CT molecular complexity index is 318. The van der Waals surface area contributed by atoms with Gasteiger partial charge in [-0.05, 0) is 31.6 Å². The molecular formula is C17H35N3O3. The minimum absolute atomic E-state index is 0.363. The molecule has 0 unspecified atom stereocenters. The fraction of sp³-hybridized carbons (Fsp3) is 0.941. The first-order chi connectivity index (χ1) is 11.3. The summed E-state index contributed by atoms with van der Waals surface area (Å²) in [7, 11) is 3.49. The van der Waals surface area contributed by atoms with Crippen LogP contribution < -0.4 is 10.6 Å². The highest BCUT2D eigenvalue weighted by atomic mass is 16.5. The van der Waals surface area contributed by atoms with Gasteiger partial charge in [0.25, 0.3) is 0 Å². The first-order valence-corrected chi connectivity index (χ1v) is 8.85. The van der Waals surface area contributed by atoms with Crippen LogP contribution in [0.3, 0.4) is 0 Å². The third-order valence-corrected chi connectivity index (χ3v) is 4.47. The van der Waals surface area contributed by atoms with Gasteiger partial charge in [-0.25, -0.2) is 0 Å². The van der Waals surface area contributed by atoms with Crippen LogP contribution >= 0.6 is 0 Å². The summed E-state index contributed by atoms with van der Waals surface area (Å²) in [4.78, 5) is 4.29. The number of methoxy groups -OCH3 is 1. The highest BCUT2D eigenvalue weighted by molar-refractivity contribution is 5.79. The van der Waals surface area contributed by atoms with Crippen molar-refractivity contribution in [1.82, 2.24) is 10.6 Å². The zero-order chi connectivity index (χ0) is 16.8. The van der Waals surface area contributed by atoms with Crippen LogP contribution in [0.15, 0.2) is 4.99 Å². The number of nitrogens with zero attached hydrogens (tertiary/aromatic N) is 1. The summed E-state index contributed by atoms with van der Waals surface area (Å²) in [6.07, 6.45) is 6.35. The van der Waals surface area contributed by atoms with Crippen molar-refractivity contribution >= 4 is 5.96 Å². The van der Waals surface area contributed by atoms with Gasteiger partial charge in [-0.15, -0.1) is 0 Å². The molecule has 0 atom stereocenters. The van der Waals surface area contributed by atoms with E-state index >= 15 is 0 Å². The first kappa shape index (κ1) is 20.2. The van der Waals surface area contributed by atoms with Crippen LogP contribution in [-0.4, -0.2) is 66.2 Å². The second-order valence-electron chi connectivity index (χ2n) is 6.11. The fourth-order valence-electron chi connectivity index (χ4n) is 3.05. The molecule has 0 aromatic carbocycles. The largest absolute Gasteiger partial charge is 0.382 e. The van der Waals surface area contributed by atoms with E-state index < -0.39 is 0 Å². The van der Waals surface area contributed by atoms with Crippen LogP contribution in [0.25, 0.3) is 0 Å². The Hall–Kier alpha value is -0.850. The molecule has 0 heterocycles. The topological polar surface area (TPSA) is 64.1 Å². The van der Waals surface area contributed by atoms with Crippen LogP contribution in [-0.2, 0) is 14.2 Å². The Morgan fingerprint density at radius 2 is 1.83 bits per heavy atom. The third-order valence-electron chi connectivity index (χ3n) is 4.47. The maximum atomic E-state index is 5.56. The summed E-state index contributed by atoms with van der Waals surface area (Å²) >= 11 is 0. The summed E-state index contributed by atoms with van der Waals surface area (Å²) < 4.78 is 16.0. The number of nitrogens with one attached hydrogen (secondary N) is 2. The molecule has 23 heavy (non-hydrogen) atoms. The summed E-state index contributed by atoms with van der Waals surface area (Å²) in [6, 6.07) is 0. The Labute approximate surface area is 141 Å². The third kappa shape index (κ3) is 8.53. The molecule has 0 saturated heterocycles. The minimum Gasteiger partial charge on any atom is -0.382 e. The van der Waals surface area contributed by atoms with Crippen LogP contribution in [0.4, 0.5) is 0 Å². The Kier molecular flexibility index (Phi) is 11.0. The van der Waals surface area contributed by atoms with Gasteiger partial charge >= 0.3 is 0 Å². The van der Waals surface area contributed by atoms with E-state index in [2.05, 4.69) is 22.5 Å². The molecule has 1 saturated carbocycles. The predicted molar refractivity (Wildman–Crippen MR) is 94.1 cm³/mol. The van der Waals surface area contributed by atoms with Crippen molar-refractivity contribution < 1.29 is 14.2 Å². The first-order valence-electron chi connectivity index (χ1n) is 8.85. The lowest BCUT2D eigenvalue weighted by atomic mass is 9.83. The smallest absolute Gasteiger partial charge is 0.191 e. The molecule has 1 fully saturated rings. The molecule has 1 aliphatic rings. The van der Waals surface area contributed by atoms with E-state index in [1.54, 1.807) is 7.11 Å². The van der Waals surface area contributed by atoms with Gasteiger partial charge in [0.15, 0.2) is 5.96 Å². The van der Waals surface area contributed by atoms with Gasteiger partial charge < -0.3 is 24.8 Å². The quantitative estimate of drug-likeness (QED) is 0.325. The highest BCUT2D eigenvalue weighted by Gasteiger charge is 2.33. The lowest BCUT2D eigenvalue weighted by molar-refractivity contribution is 0.0733. The second-order valence-corrected chi connectivity index (χ2v) is 6.11. The molecule has 0 aromatic rings. The number of hydrogen-bond acceptors (Lipinski definition) is 4. The molecule has 0 radical (unpaired) electrons. The molecule has 1 aliphatic carbocycles. The van der Waals surface area contributed by atoms with Crippen LogP contribution in [0.5, 0.6) is 0 Å². The maximum Gasteiger partial charge on any atom is 0.191 e. The normalized spacial score (nSPS) is 17.4. The Morgan fingerprint density at radius 1 is 1.04 bits per heavy atom. The van der Waals surface area contributed by atoms with Gasteiger partial charge in [0, 0.05) is 40.5 Å². The van der Waals surface area contributed by atoms with Gasteiger partial charge in [0.05, 0.1) is 19.8 Å². The van der Waals surface area contributed by atoms with E-state index in [0.717, 1.165) is 38.7 Å². The molecule has 2 N–H and O–H groups in total. The van der Waals surface area contributed by atoms with E-state index in [0.29, 0.717) is 25.2 Å². The molecule has 0 aliphatic heterocycles. The predicted octanol–water partition coefficient (Wildman–Crippen LogP) is 1.80. The van der Waals surface area contributed by atoms with Gasteiger partial charge in [-0.3, -0.25) is 4.99 Å². The SMILES string of the molecule is CCOCCC1(CNC(=NC)NCCOCCOC)CCCC1. The second kappa shape index (κ2) is 12.6. The standard InChI is InChI=1S/C17H35N3O3/c1-4-22-11-9-17(7-5-6-8-17)15-20-16(18-2)19-10-12-23-14-13-21-3/h4-15H2,1-3H3,(H2,18,19,20). The Balaban J connectivity index is 2.25. The number of hydrogen-bond donors (Lipinski definition) is 2. The van der Waals surface area contributed by atoms with Gasteiger partial charge in [-0.2, -0.15) is 0 Å². The average Bonchev–Trinajstić information content (AvgIpc) is 3.03. The number of rotatable bonds is 12. The van der Waals surface area contributed by atoms with Crippen LogP contribution in [0.2, 0.25) is 0 Å². The fourth-order valence-corrected chi connectivity index (χ4v) is 3.05. The van der Waals surface area contributed by atoms with Crippen LogP contribution in [0, 0.1) is 5.41 Å². The van der Waals surface area contributed by atoms with Crippen molar-refractivity contribution in [2.24, 2.45) is 10.4 Å². The molecule has 0 bridgehead atoms. The van der Waals surface area contributed by atoms with Crippen molar-refractivity contribution in [1.29, 1.82) is 0 Å². The zero-order valence-corrected chi connectivity index (χ0v) is 15.2. The van der Waals surface area contributed by atoms with Crippen molar-refractivity contribution in [2.75, 3.05) is 60.3 Å². The molecule has 6 nitrogen and oxygen atoms in total. The van der Waals surface area contributed by atoms with E-state index in [9.17, 15) is 0 Å². The van der Waals surface area contributed by atoms with Gasteiger partial charge in [0.1, 0.15) is 0 Å². The summed E-state index contributed by atoms with van der Waals surface area (Å²) in [5.41, 5.74) is 0.363. The highest BCUT2D eigenvalue weighted by Crippen LogP contribution is 2.40. The summed E-state index contributed by atoms with van der Waals surface area (Å²) in [5.74, 6) is 0.850. The molecule has 0 aromatic heterocycles. The molecule has 0 spiro atoms. The molecule has 6 heteroatoms.